The van der Waals surface area contributed by atoms with Gasteiger partial charge in [-0.15, -0.1) is 0 Å². The molecule has 1 aliphatic rings. The van der Waals surface area contributed by atoms with E-state index in [1.165, 1.54) is 30.4 Å². The number of benzene rings is 1. The maximum absolute atomic E-state index is 13.9. The Balaban J connectivity index is 0. The summed E-state index contributed by atoms with van der Waals surface area (Å²) in [6.07, 6.45) is 7.27. The molecule has 1 N–H and O–H groups in total. The lowest BCUT2D eigenvalue weighted by atomic mass is 9.83. The third-order valence-corrected chi connectivity index (χ3v) is 5.64. The van der Waals surface area contributed by atoms with Crippen LogP contribution in [0.2, 0.25) is 0 Å². The number of ether oxygens (including phenoxy) is 3. The lowest BCUT2D eigenvalue weighted by Gasteiger charge is -2.22. The lowest BCUT2D eigenvalue weighted by Crippen LogP contribution is -2.28. The quantitative estimate of drug-likeness (QED) is 0.140. The Kier molecular flexibility index (Phi) is 19.6. The molecular weight excluding hydrogens is 484 g/mol. The fourth-order valence-electron chi connectivity index (χ4n) is 2.83. The minimum Gasteiger partial charge on any atom is -0.459 e. The van der Waals surface area contributed by atoms with Gasteiger partial charge < -0.3 is 19.6 Å². The van der Waals surface area contributed by atoms with Crippen LogP contribution in [0.4, 0.5) is 8.78 Å². The highest BCUT2D eigenvalue weighted by Gasteiger charge is 2.41. The van der Waals surface area contributed by atoms with Crippen LogP contribution in [0.5, 0.6) is 5.75 Å². The summed E-state index contributed by atoms with van der Waals surface area (Å²) in [6.45, 7) is 24.4. The van der Waals surface area contributed by atoms with Crippen LogP contribution in [0.1, 0.15) is 94.1 Å². The zero-order chi connectivity index (χ0) is 29.9. The minimum atomic E-state index is -0.436. The molecule has 1 atom stereocenters. The zero-order valence-electron chi connectivity index (χ0n) is 25.8. The van der Waals surface area contributed by atoms with Crippen molar-refractivity contribution < 1.29 is 23.0 Å². The third-order valence-electron chi connectivity index (χ3n) is 5.64. The van der Waals surface area contributed by atoms with Gasteiger partial charge in [-0.3, -0.25) is 0 Å². The largest absolute Gasteiger partial charge is 0.459 e. The molecular formula is C32H53F2NO3. The summed E-state index contributed by atoms with van der Waals surface area (Å²) in [6, 6.07) is 4.46. The molecule has 1 aromatic carbocycles. The number of hydrogen-bond donors (Lipinski definition) is 1. The molecule has 0 amide bonds. The molecule has 2 rings (SSSR count). The van der Waals surface area contributed by atoms with Gasteiger partial charge in [0.05, 0.1) is 18.3 Å². The minimum absolute atomic E-state index is 0.0191. The molecule has 1 fully saturated rings. The van der Waals surface area contributed by atoms with Gasteiger partial charge in [0.1, 0.15) is 17.3 Å². The molecule has 6 heteroatoms. The van der Waals surface area contributed by atoms with Gasteiger partial charge in [0.2, 0.25) is 0 Å². The fraction of sp³-hybridized carbons (Fsp3) is 0.594. The molecule has 1 aliphatic heterocycles. The predicted octanol–water partition coefficient (Wildman–Crippen LogP) is 9.79. The van der Waals surface area contributed by atoms with Crippen LogP contribution in [0.3, 0.4) is 0 Å². The molecule has 1 saturated heterocycles. The maximum Gasteiger partial charge on any atom is 0.161 e. The number of rotatable bonds is 10. The summed E-state index contributed by atoms with van der Waals surface area (Å²) in [7, 11) is 1.71. The van der Waals surface area contributed by atoms with Crippen molar-refractivity contribution in [2.24, 2.45) is 5.41 Å². The first-order valence-corrected chi connectivity index (χ1v) is 13.7. The monoisotopic (exact) mass is 537 g/mol. The van der Waals surface area contributed by atoms with E-state index >= 15 is 0 Å². The highest BCUT2D eigenvalue weighted by atomic mass is 19.1. The molecule has 0 bridgehead atoms. The number of epoxide rings is 1. The Morgan fingerprint density at radius 2 is 1.71 bits per heavy atom. The molecule has 1 heterocycles. The second-order valence-electron chi connectivity index (χ2n) is 10.0. The molecule has 0 aromatic heterocycles. The molecule has 1 aromatic rings. The molecule has 0 aliphatic carbocycles. The summed E-state index contributed by atoms with van der Waals surface area (Å²) in [5, 5.41) is 7.63. The van der Waals surface area contributed by atoms with Gasteiger partial charge in [-0.25, -0.2) is 8.78 Å². The molecule has 0 spiro atoms. The number of halogens is 2. The zero-order valence-corrected chi connectivity index (χ0v) is 25.8. The fourth-order valence-corrected chi connectivity index (χ4v) is 2.83. The topological polar surface area (TPSA) is 54.8 Å². The van der Waals surface area contributed by atoms with Crippen LogP contribution in [0.25, 0.3) is 0 Å². The van der Waals surface area contributed by atoms with E-state index in [2.05, 4.69) is 20.4 Å². The van der Waals surface area contributed by atoms with Crippen LogP contribution in [0, 0.1) is 16.6 Å². The van der Waals surface area contributed by atoms with Crippen molar-refractivity contribution in [3.8, 4) is 5.75 Å². The maximum atomic E-state index is 13.9. The van der Waals surface area contributed by atoms with Crippen LogP contribution >= 0.6 is 0 Å². The average Bonchev–Trinajstić information content (AvgIpc) is 3.75. The SMILES string of the molecule is C=C/C=C\C(F)=C(/CCC)Oc1ccc(F)c(CC)c1.CC.CCC(=N)C(C)(C)C1CO1.COC(C)(C)C. The van der Waals surface area contributed by atoms with Crippen molar-refractivity contribution in [3.63, 3.8) is 0 Å². The molecule has 38 heavy (non-hydrogen) atoms. The molecule has 0 radical (unpaired) electrons. The first-order valence-electron chi connectivity index (χ1n) is 13.7. The molecule has 4 nitrogen and oxygen atoms in total. The normalized spacial score (nSPS) is 15.0. The summed E-state index contributed by atoms with van der Waals surface area (Å²) >= 11 is 0. The van der Waals surface area contributed by atoms with E-state index in [0.717, 1.165) is 25.2 Å². The average molecular weight is 538 g/mol. The van der Waals surface area contributed by atoms with E-state index in [4.69, 9.17) is 19.6 Å². The number of methoxy groups -OCH3 is 1. The van der Waals surface area contributed by atoms with Gasteiger partial charge in [-0.05, 0) is 69.9 Å². The second kappa shape index (κ2) is 19.7. The first-order chi connectivity index (χ1) is 17.8. The number of allylic oxidation sites excluding steroid dienone is 5. The van der Waals surface area contributed by atoms with Crippen molar-refractivity contribution in [3.05, 3.63) is 66.0 Å². The number of nitrogens with one attached hydrogen (secondary N) is 1. The second-order valence-corrected chi connectivity index (χ2v) is 10.0. The van der Waals surface area contributed by atoms with Gasteiger partial charge in [-0.2, -0.15) is 0 Å². The first kappa shape index (κ1) is 37.8. The van der Waals surface area contributed by atoms with E-state index < -0.39 is 5.83 Å². The van der Waals surface area contributed by atoms with Crippen LogP contribution in [-0.4, -0.2) is 31.1 Å². The van der Waals surface area contributed by atoms with E-state index in [1.54, 1.807) is 13.2 Å². The van der Waals surface area contributed by atoms with Gasteiger partial charge in [-0.1, -0.05) is 67.2 Å². The van der Waals surface area contributed by atoms with Crippen LogP contribution < -0.4 is 4.74 Å². The van der Waals surface area contributed by atoms with E-state index in [0.29, 0.717) is 30.3 Å². The van der Waals surface area contributed by atoms with Gasteiger partial charge in [0.15, 0.2) is 5.83 Å². The lowest BCUT2D eigenvalue weighted by molar-refractivity contribution is 0.0397. The summed E-state index contributed by atoms with van der Waals surface area (Å²) in [5.41, 5.74) is 1.38. The van der Waals surface area contributed by atoms with Crippen molar-refractivity contribution in [1.29, 1.82) is 5.41 Å². The Labute approximate surface area is 231 Å². The van der Waals surface area contributed by atoms with E-state index in [1.807, 2.05) is 55.4 Å². The van der Waals surface area contributed by atoms with E-state index in [-0.39, 0.29) is 22.6 Å². The van der Waals surface area contributed by atoms with Gasteiger partial charge >= 0.3 is 0 Å². The highest BCUT2D eigenvalue weighted by molar-refractivity contribution is 5.87. The van der Waals surface area contributed by atoms with Crippen molar-refractivity contribution >= 4 is 5.71 Å². The summed E-state index contributed by atoms with van der Waals surface area (Å²) < 4.78 is 43.0. The Hall–Kier alpha value is -2.31. The predicted molar refractivity (Wildman–Crippen MR) is 158 cm³/mol. The molecule has 1 unspecified atom stereocenters. The highest BCUT2D eigenvalue weighted by Crippen LogP contribution is 2.33. The molecule has 218 valence electrons. The van der Waals surface area contributed by atoms with Gasteiger partial charge in [0.25, 0.3) is 0 Å². The third kappa shape index (κ3) is 15.8. The Morgan fingerprint density at radius 3 is 2.11 bits per heavy atom. The smallest absolute Gasteiger partial charge is 0.161 e. The molecule has 0 saturated carbocycles. The van der Waals surface area contributed by atoms with Crippen molar-refractivity contribution in [2.45, 2.75) is 107 Å². The Morgan fingerprint density at radius 1 is 1.16 bits per heavy atom. The van der Waals surface area contributed by atoms with Crippen molar-refractivity contribution in [2.75, 3.05) is 13.7 Å². The van der Waals surface area contributed by atoms with E-state index in [9.17, 15) is 8.78 Å². The summed E-state index contributed by atoms with van der Waals surface area (Å²) in [4.78, 5) is 0. The van der Waals surface area contributed by atoms with Crippen molar-refractivity contribution in [1.82, 2.24) is 0 Å². The van der Waals surface area contributed by atoms with Gasteiger partial charge in [0, 0.05) is 24.7 Å². The number of hydrogen-bond acceptors (Lipinski definition) is 4. The number of aryl methyl sites for hydroxylation is 1. The van der Waals surface area contributed by atoms with Crippen LogP contribution in [0.15, 0.2) is 54.6 Å². The standard InChI is InChI=1S/C17H20F2O.C8H15NO.C5H12O.C2H6/c1-4-7-9-16(19)17(8-5-2)20-14-10-11-15(18)13(6-3)12-14;1-4-6(9)8(2,3)7-5-10-7;1-5(2,3)6-4;1-2/h4,7,9-12H,1,5-6,8H2,2-3H3;7,9H,4-5H2,1-3H3;1-4H3;1-2H3/b9-7-,17-16-;;;. The van der Waals surface area contributed by atoms with Crippen LogP contribution in [-0.2, 0) is 15.9 Å². The summed E-state index contributed by atoms with van der Waals surface area (Å²) in [5.74, 6) is -0.00451. The Bertz CT molecular complexity index is 879.